The van der Waals surface area contributed by atoms with E-state index in [-0.39, 0.29) is 0 Å². The van der Waals surface area contributed by atoms with E-state index in [1.165, 1.54) is 5.69 Å². The van der Waals surface area contributed by atoms with E-state index in [4.69, 9.17) is 0 Å². The molecule has 0 saturated heterocycles. The Kier molecular flexibility index (Phi) is 1.09. The molecule has 1 aromatic rings. The predicted molar refractivity (Wildman–Crippen MR) is 39.1 cm³/mol. The zero-order valence-electron chi connectivity index (χ0n) is 5.91. The standard InChI is InChI=1S/C7H9N3/c1-10-5-9-6-4-8-3-2-7(6)10/h3,5H,2,4H2,1H3. The van der Waals surface area contributed by atoms with Gasteiger partial charge in [0.15, 0.2) is 0 Å². The van der Waals surface area contributed by atoms with Crippen molar-refractivity contribution in [2.24, 2.45) is 12.0 Å². The highest BCUT2D eigenvalue weighted by atomic mass is 15.0. The minimum atomic E-state index is 0.760. The molecule has 0 bridgehead atoms. The Hall–Kier alpha value is -1.12. The van der Waals surface area contributed by atoms with Crippen molar-refractivity contribution in [3.63, 3.8) is 0 Å². The third-order valence-corrected chi connectivity index (χ3v) is 1.80. The van der Waals surface area contributed by atoms with E-state index in [0.29, 0.717) is 0 Å². The molecule has 0 radical (unpaired) electrons. The molecule has 0 saturated carbocycles. The quantitative estimate of drug-likeness (QED) is 0.511. The smallest absolute Gasteiger partial charge is 0.0949 e. The molecule has 0 fully saturated rings. The lowest BCUT2D eigenvalue weighted by Crippen LogP contribution is -2.03. The van der Waals surface area contributed by atoms with Gasteiger partial charge in [0.1, 0.15) is 0 Å². The lowest BCUT2D eigenvalue weighted by atomic mass is 10.2. The second kappa shape index (κ2) is 1.94. The maximum absolute atomic E-state index is 4.21. The van der Waals surface area contributed by atoms with Crippen LogP contribution in [0.1, 0.15) is 11.4 Å². The monoisotopic (exact) mass is 135 g/mol. The summed E-state index contributed by atoms with van der Waals surface area (Å²) in [4.78, 5) is 8.34. The van der Waals surface area contributed by atoms with Crippen molar-refractivity contribution >= 4 is 6.21 Å². The summed E-state index contributed by atoms with van der Waals surface area (Å²) in [5.74, 6) is 0. The second-order valence-corrected chi connectivity index (χ2v) is 2.48. The van der Waals surface area contributed by atoms with Crippen molar-refractivity contribution < 1.29 is 0 Å². The summed E-state index contributed by atoms with van der Waals surface area (Å²) in [5, 5.41) is 0. The Morgan fingerprint density at radius 1 is 1.60 bits per heavy atom. The maximum atomic E-state index is 4.21. The van der Waals surface area contributed by atoms with E-state index < -0.39 is 0 Å². The van der Waals surface area contributed by atoms with Gasteiger partial charge in [-0.15, -0.1) is 0 Å². The first-order valence-corrected chi connectivity index (χ1v) is 3.35. The molecule has 0 amide bonds. The molecule has 0 aliphatic carbocycles. The Balaban J connectivity index is 2.50. The van der Waals surface area contributed by atoms with Crippen molar-refractivity contribution in [3.05, 3.63) is 17.7 Å². The average Bonchev–Trinajstić information content (AvgIpc) is 2.34. The number of aliphatic imine (C=N–C) groups is 1. The number of aromatic nitrogens is 2. The van der Waals surface area contributed by atoms with Crippen LogP contribution in [0.4, 0.5) is 0 Å². The minimum Gasteiger partial charge on any atom is -0.337 e. The highest BCUT2D eigenvalue weighted by molar-refractivity contribution is 5.63. The third-order valence-electron chi connectivity index (χ3n) is 1.80. The second-order valence-electron chi connectivity index (χ2n) is 2.48. The number of aryl methyl sites for hydroxylation is 1. The fourth-order valence-electron chi connectivity index (χ4n) is 1.20. The normalized spacial score (nSPS) is 15.3. The first-order chi connectivity index (χ1) is 4.88. The number of rotatable bonds is 0. The highest BCUT2D eigenvalue weighted by Crippen LogP contribution is 2.10. The van der Waals surface area contributed by atoms with Crippen LogP contribution in [-0.4, -0.2) is 15.8 Å². The SMILES string of the molecule is Cn1cnc2c1CC=NC2. The first-order valence-electron chi connectivity index (χ1n) is 3.35. The molecule has 1 aromatic heterocycles. The van der Waals surface area contributed by atoms with E-state index in [0.717, 1.165) is 18.7 Å². The topological polar surface area (TPSA) is 30.2 Å². The summed E-state index contributed by atoms with van der Waals surface area (Å²) in [6, 6.07) is 0. The van der Waals surface area contributed by atoms with Gasteiger partial charge in [-0.25, -0.2) is 4.98 Å². The molecular formula is C7H9N3. The number of imidazole rings is 1. The average molecular weight is 135 g/mol. The van der Waals surface area contributed by atoms with Gasteiger partial charge >= 0.3 is 0 Å². The largest absolute Gasteiger partial charge is 0.337 e. The number of hydrogen-bond acceptors (Lipinski definition) is 2. The number of fused-ring (bicyclic) bond motifs is 1. The lowest BCUT2D eigenvalue weighted by molar-refractivity contribution is 0.840. The van der Waals surface area contributed by atoms with Gasteiger partial charge in [0.25, 0.3) is 0 Å². The van der Waals surface area contributed by atoms with Crippen molar-refractivity contribution in [1.82, 2.24) is 9.55 Å². The molecule has 3 heteroatoms. The van der Waals surface area contributed by atoms with Gasteiger partial charge in [-0.3, -0.25) is 4.99 Å². The van der Waals surface area contributed by atoms with Crippen LogP contribution in [0.15, 0.2) is 11.3 Å². The molecule has 0 spiro atoms. The van der Waals surface area contributed by atoms with E-state index in [2.05, 4.69) is 14.5 Å². The van der Waals surface area contributed by atoms with Crippen LogP contribution in [0.5, 0.6) is 0 Å². The maximum Gasteiger partial charge on any atom is 0.0949 e. The molecule has 3 nitrogen and oxygen atoms in total. The molecule has 10 heavy (non-hydrogen) atoms. The molecule has 2 rings (SSSR count). The Labute approximate surface area is 59.4 Å². The molecule has 2 heterocycles. The molecule has 1 aliphatic heterocycles. The van der Waals surface area contributed by atoms with Crippen molar-refractivity contribution in [1.29, 1.82) is 0 Å². The van der Waals surface area contributed by atoms with Crippen molar-refractivity contribution in [2.45, 2.75) is 13.0 Å². The summed E-state index contributed by atoms with van der Waals surface area (Å²) in [6.07, 6.45) is 4.73. The van der Waals surface area contributed by atoms with Gasteiger partial charge in [0.2, 0.25) is 0 Å². The van der Waals surface area contributed by atoms with Crippen LogP contribution in [0.2, 0.25) is 0 Å². The number of nitrogens with zero attached hydrogens (tertiary/aromatic N) is 3. The molecule has 0 aromatic carbocycles. The summed E-state index contributed by atoms with van der Waals surface area (Å²) >= 11 is 0. The molecular weight excluding hydrogens is 126 g/mol. The Bertz CT molecular complexity index is 272. The van der Waals surface area contributed by atoms with Crippen LogP contribution in [0.25, 0.3) is 0 Å². The fraction of sp³-hybridized carbons (Fsp3) is 0.429. The number of hydrogen-bond donors (Lipinski definition) is 0. The zero-order chi connectivity index (χ0) is 6.97. The van der Waals surface area contributed by atoms with Gasteiger partial charge in [0, 0.05) is 25.4 Å². The van der Waals surface area contributed by atoms with Crippen LogP contribution in [-0.2, 0) is 20.0 Å². The predicted octanol–water partition coefficient (Wildman–Crippen LogP) is 0.547. The van der Waals surface area contributed by atoms with Crippen LogP contribution in [0, 0.1) is 0 Å². The molecule has 1 aliphatic rings. The van der Waals surface area contributed by atoms with E-state index in [9.17, 15) is 0 Å². The van der Waals surface area contributed by atoms with E-state index >= 15 is 0 Å². The fourth-order valence-corrected chi connectivity index (χ4v) is 1.20. The summed E-state index contributed by atoms with van der Waals surface area (Å²) in [7, 11) is 2.02. The Morgan fingerprint density at radius 2 is 2.50 bits per heavy atom. The van der Waals surface area contributed by atoms with Gasteiger partial charge < -0.3 is 4.57 Å². The van der Waals surface area contributed by atoms with Crippen LogP contribution < -0.4 is 0 Å². The Morgan fingerprint density at radius 3 is 3.30 bits per heavy atom. The summed E-state index contributed by atoms with van der Waals surface area (Å²) in [6.45, 7) is 0.760. The minimum absolute atomic E-state index is 0.760. The van der Waals surface area contributed by atoms with Crippen LogP contribution in [0.3, 0.4) is 0 Å². The van der Waals surface area contributed by atoms with Crippen molar-refractivity contribution in [2.75, 3.05) is 0 Å². The van der Waals surface area contributed by atoms with E-state index in [1.807, 2.05) is 19.6 Å². The van der Waals surface area contributed by atoms with Gasteiger partial charge in [-0.1, -0.05) is 0 Å². The van der Waals surface area contributed by atoms with Gasteiger partial charge in [0.05, 0.1) is 18.6 Å². The summed E-state index contributed by atoms with van der Waals surface area (Å²) < 4.78 is 2.06. The zero-order valence-corrected chi connectivity index (χ0v) is 5.91. The van der Waals surface area contributed by atoms with Gasteiger partial charge in [-0.05, 0) is 0 Å². The third kappa shape index (κ3) is 0.667. The van der Waals surface area contributed by atoms with E-state index in [1.54, 1.807) is 0 Å². The molecule has 52 valence electrons. The molecule has 0 N–H and O–H groups in total. The molecule has 0 atom stereocenters. The molecule has 0 unspecified atom stereocenters. The lowest BCUT2D eigenvalue weighted by Gasteiger charge is -2.04. The van der Waals surface area contributed by atoms with Gasteiger partial charge in [-0.2, -0.15) is 0 Å². The highest BCUT2D eigenvalue weighted by Gasteiger charge is 2.09. The first kappa shape index (κ1) is 5.65. The summed E-state index contributed by atoms with van der Waals surface area (Å²) in [5.41, 5.74) is 2.43. The van der Waals surface area contributed by atoms with Crippen molar-refractivity contribution in [3.8, 4) is 0 Å². The van der Waals surface area contributed by atoms with Crippen LogP contribution >= 0.6 is 0 Å².